The molecule has 31 nitrogen and oxygen atoms in total. The number of alkyl halides is 1. The maximum absolute atomic E-state index is 14.0. The van der Waals surface area contributed by atoms with Gasteiger partial charge in [-0.25, -0.2) is 0 Å². The van der Waals surface area contributed by atoms with Crippen molar-refractivity contribution in [3.8, 4) is 23.0 Å². The normalized spacial score (nSPS) is 12.2. The zero-order chi connectivity index (χ0) is 106. The number of ether oxygens (including phenoxy) is 10. The zero-order valence-electron chi connectivity index (χ0n) is 81.5. The molecule has 0 bridgehead atoms. The van der Waals surface area contributed by atoms with E-state index in [1.807, 2.05) is 85.5 Å². The number of halogens is 4. The van der Waals surface area contributed by atoms with Crippen LogP contribution in [-0.2, 0) is 180 Å². The van der Waals surface area contributed by atoms with Gasteiger partial charge in [-0.15, -0.1) is 0 Å². The summed E-state index contributed by atoms with van der Waals surface area (Å²) >= 11 is 9.54. The quantitative estimate of drug-likeness (QED) is 0.00796. The van der Waals surface area contributed by atoms with Gasteiger partial charge in [0.1, 0.15) is 63.5 Å². The third-order valence-electron chi connectivity index (χ3n) is 21.7. The number of benzene rings is 8. The number of hydrogen-bond acceptors (Lipinski definition) is 30. The Labute approximate surface area is 889 Å². The van der Waals surface area contributed by atoms with Crippen molar-refractivity contribution in [2.45, 2.75) is 190 Å². The molecule has 0 aliphatic heterocycles. The number of carbonyl (C=O) groups is 18. The number of esters is 10. The van der Waals surface area contributed by atoms with E-state index >= 15 is 0 Å². The molecule has 8 unspecified atom stereocenters. The standard InChI is InChI=1S/C56H62O16.C46H50O12.C5H8O3.CH3I.3HI.V/c1-5-44(29-40-12-8-6-9-13-40)53(63)67-35-69-55(65)46(30-41-14-10-7-11-15-41)33-48(60)34-47(32-43-20-24-50(25-21-43)72-52(62)27-17-38(3)58)56(66)70-36-68-54(64)45(28-39(4)59)31-42-18-22-49(23-19-42)71-51(61)26-16-37(2)57;1-3-36(23-32-10-6-4-7-11-32)43(51)55-29-57-45(53)38(24-33-12-8-5-9-13-33)27-42(50)28-39(26-35-16-20-41(49)21-17-35)46(54)58-30-56-44(52)37(22-31(2)47)25-34-14-18-40(48)19-15-34;1-4(6)2-3-5(7)8;1-2;;;;/h6-15,18-25,44-47H,5,16-17,26-36H2,1-4H3;4-21,36-39,48-49H,3,22-30H2,1-2H3;2-3H2,1H3,(H,7,8);1H3;3*1H;/q;;;;;;;+3/p-3. The van der Waals surface area contributed by atoms with E-state index in [9.17, 15) is 96.5 Å². The van der Waals surface area contributed by atoms with Gasteiger partial charge in [0.05, 0.1) is 66.6 Å². The van der Waals surface area contributed by atoms with E-state index in [1.54, 1.807) is 103 Å². The first-order chi connectivity index (χ1) is 68.7. The van der Waals surface area contributed by atoms with Gasteiger partial charge in [0.25, 0.3) is 0 Å². The first kappa shape index (κ1) is 125. The molecule has 0 aliphatic carbocycles. The molecule has 0 heterocycles. The number of hydrogen-bond donors (Lipinski definition) is 3. The minimum atomic E-state index is -1.17. The van der Waals surface area contributed by atoms with Crippen molar-refractivity contribution in [1.82, 2.24) is 0 Å². The van der Waals surface area contributed by atoms with Crippen LogP contribution in [0.25, 0.3) is 0 Å². The molecular weight excluding hydrogens is 2350 g/mol. The third kappa shape index (κ3) is 55.1. The summed E-state index contributed by atoms with van der Waals surface area (Å²) in [7, 11) is 0. The monoisotopic (exact) mass is 2470 g/mol. The number of carbonyl (C=O) groups excluding carboxylic acids is 17. The molecule has 0 fully saturated rings. The summed E-state index contributed by atoms with van der Waals surface area (Å²) in [6.07, 6.45) is 0.521. The SMILES string of the molecule is CC(=O)CCC(=O)O.CCC(Cc1ccccc1)C(=O)OCOC(=O)C(CC(=O)CC(Cc1ccc(O)cc1)C(=O)OCOC(=O)C(CC(C)=O)Cc1ccc(O)cc1)Cc1ccccc1.CCC(Cc1ccccc1)C(=O)OCOC(=O)C(CC(=O)CC(Cc1ccc(OC(=O)CCC(C)=O)cc1)C(=O)OCOC(=O)C(CC(C)=O)Cc1ccc(OC(=O)CCC(C)=O)cc1)Cc1ccccc1.CI.[I][V]([I])[I]. The number of aromatic hydroxyl groups is 2. The molecule has 8 aromatic carbocycles. The molecule has 0 saturated heterocycles. The summed E-state index contributed by atoms with van der Waals surface area (Å²) in [6.45, 7) is 7.57. The van der Waals surface area contributed by atoms with Crippen LogP contribution in [0, 0.1) is 47.3 Å². The topological polar surface area (TPSA) is 460 Å². The Kier molecular flexibility index (Phi) is 61.9. The average Bonchev–Trinajstić information content (AvgIpc) is 0.847. The fourth-order valence-electron chi connectivity index (χ4n) is 14.3. The van der Waals surface area contributed by atoms with Gasteiger partial charge in [0.15, 0.2) is 0 Å². The Balaban J connectivity index is 0.000000538. The summed E-state index contributed by atoms with van der Waals surface area (Å²) in [6, 6.07) is 61.4. The minimum absolute atomic E-state index is 0.00707. The predicted octanol–water partition coefficient (Wildman–Crippen LogP) is 18.6. The molecule has 3 N–H and O–H groups in total. The Morgan fingerprint density at radius 2 is 0.444 bits per heavy atom. The summed E-state index contributed by atoms with van der Waals surface area (Å²) in [5.74, 6) is -16.5. The van der Waals surface area contributed by atoms with Crippen LogP contribution in [-0.4, -0.2) is 154 Å². The van der Waals surface area contributed by atoms with Crippen LogP contribution < -0.4 is 9.47 Å². The Hall–Kier alpha value is -11.3. The number of phenolic OH excluding ortho intramolecular Hbond substituents is 2. The van der Waals surface area contributed by atoms with E-state index in [-0.39, 0.29) is 166 Å². The van der Waals surface area contributed by atoms with Crippen LogP contribution in [0.5, 0.6) is 23.0 Å². The maximum atomic E-state index is 14.0. The van der Waals surface area contributed by atoms with Gasteiger partial charge in [0.2, 0.25) is 27.2 Å². The number of rotatable bonds is 57. The number of aliphatic carboxylic acids is 1. The summed E-state index contributed by atoms with van der Waals surface area (Å²) in [5.41, 5.74) is 5.84. The van der Waals surface area contributed by atoms with Crippen LogP contribution in [0.2, 0.25) is 0 Å². The molecule has 0 saturated carbocycles. The molecule has 0 aromatic heterocycles. The molecule has 8 atom stereocenters. The fraction of sp³-hybridized carbons (Fsp3) is 0.389. The van der Waals surface area contributed by atoms with Gasteiger partial charge in [-0.1, -0.05) is 206 Å². The molecule has 0 amide bonds. The van der Waals surface area contributed by atoms with Crippen LogP contribution in [0.4, 0.5) is 0 Å². The summed E-state index contributed by atoms with van der Waals surface area (Å²) in [4.78, 5) is 227. The van der Waals surface area contributed by atoms with Gasteiger partial charge in [-0.2, -0.15) is 0 Å². The van der Waals surface area contributed by atoms with E-state index < -0.39 is 158 Å². The van der Waals surface area contributed by atoms with Crippen molar-refractivity contribution < 1.29 is 154 Å². The Bertz CT molecular complexity index is 5380. The second kappa shape index (κ2) is 71.3. The van der Waals surface area contributed by atoms with Crippen LogP contribution in [0.1, 0.15) is 183 Å². The first-order valence-electron chi connectivity index (χ1n) is 46.2. The van der Waals surface area contributed by atoms with E-state index in [1.165, 1.54) is 83.1 Å². The van der Waals surface area contributed by atoms with Crippen molar-refractivity contribution in [3.63, 3.8) is 0 Å². The molecular formula is C108H123I4O31V. The molecule has 8 aromatic rings. The second-order valence-corrected chi connectivity index (χ2v) is 69.0. The number of carboxylic acid groups (broad SMARTS) is 1. The molecule has 8 rings (SSSR count). The predicted molar refractivity (Wildman–Crippen MR) is 561 cm³/mol. The summed E-state index contributed by atoms with van der Waals surface area (Å²) < 4.78 is 53.4. The second-order valence-electron chi connectivity index (χ2n) is 33.6. The molecule has 144 heavy (non-hydrogen) atoms. The van der Waals surface area contributed by atoms with Crippen molar-refractivity contribution >= 4 is 189 Å². The molecule has 0 spiro atoms. The van der Waals surface area contributed by atoms with Crippen molar-refractivity contribution in [1.29, 1.82) is 0 Å². The zero-order valence-corrected chi connectivity index (χ0v) is 91.5. The van der Waals surface area contributed by atoms with Crippen LogP contribution >= 0.6 is 82.5 Å². The number of Topliss-reactive ketones (excluding diaryl/α,β-unsaturated/α-hetero) is 7. The first-order valence-corrected chi connectivity index (χ1v) is 61.9. The van der Waals surface area contributed by atoms with Crippen molar-refractivity contribution in [2.75, 3.05) is 32.1 Å². The molecule has 0 aliphatic rings. The van der Waals surface area contributed by atoms with Crippen LogP contribution in [0.15, 0.2) is 218 Å². The fourth-order valence-corrected chi connectivity index (χ4v) is 14.3. The Morgan fingerprint density at radius 3 is 0.639 bits per heavy atom. The van der Waals surface area contributed by atoms with E-state index in [4.69, 9.17) is 52.5 Å². The average molecular weight is 2480 g/mol. The van der Waals surface area contributed by atoms with Crippen LogP contribution in [0.3, 0.4) is 0 Å². The van der Waals surface area contributed by atoms with Gasteiger partial charge in [-0.3, -0.25) is 62.3 Å². The third-order valence-corrected chi connectivity index (χ3v) is 21.7. The van der Waals surface area contributed by atoms with Gasteiger partial charge in [0, 0.05) is 57.8 Å². The van der Waals surface area contributed by atoms with Crippen molar-refractivity contribution in [2.24, 2.45) is 47.3 Å². The van der Waals surface area contributed by atoms with Crippen molar-refractivity contribution in [3.05, 3.63) is 263 Å². The van der Waals surface area contributed by atoms with Gasteiger partial charge >= 0.3 is 131 Å². The van der Waals surface area contributed by atoms with E-state index in [2.05, 4.69) is 82.5 Å². The molecule has 0 radical (unpaired) electrons. The van der Waals surface area contributed by atoms with E-state index in [0.717, 1.165) is 22.3 Å². The number of phenols is 2. The van der Waals surface area contributed by atoms with Gasteiger partial charge < -0.3 is 86.7 Å². The number of carboxylic acids is 1. The van der Waals surface area contributed by atoms with Gasteiger partial charge in [-0.05, 0) is 197 Å². The molecule has 774 valence electrons. The number of ketones is 7. The van der Waals surface area contributed by atoms with E-state index in [0.29, 0.717) is 47.9 Å². The summed E-state index contributed by atoms with van der Waals surface area (Å²) in [5, 5.41) is 27.4. The molecule has 36 heteroatoms. The Morgan fingerprint density at radius 1 is 0.257 bits per heavy atom.